The molecule has 1 amide bonds. The Morgan fingerprint density at radius 3 is 2.61 bits per heavy atom. The Morgan fingerprint density at radius 2 is 1.96 bits per heavy atom. The summed E-state index contributed by atoms with van der Waals surface area (Å²) in [5, 5.41) is 0.0106. The van der Waals surface area contributed by atoms with Crippen molar-refractivity contribution in [1.82, 2.24) is 4.90 Å². The van der Waals surface area contributed by atoms with Gasteiger partial charge in [-0.15, -0.1) is 0 Å². The van der Waals surface area contributed by atoms with Gasteiger partial charge >= 0.3 is 6.09 Å². The summed E-state index contributed by atoms with van der Waals surface area (Å²) < 4.78 is 19.1. The number of nitrogen functional groups attached to an aromatic ring is 1. The lowest BCUT2D eigenvalue weighted by Crippen LogP contribution is -2.39. The number of hydrogen-bond donors (Lipinski definition) is 1. The van der Waals surface area contributed by atoms with E-state index < -0.39 is 11.4 Å². The topological polar surface area (TPSA) is 58.8 Å². The molecule has 0 unspecified atom stereocenters. The van der Waals surface area contributed by atoms with Crippen molar-refractivity contribution in [3.63, 3.8) is 0 Å². The van der Waals surface area contributed by atoms with E-state index in [1.807, 2.05) is 25.7 Å². The maximum Gasteiger partial charge on any atom is 0.410 e. The quantitative estimate of drug-likeness (QED) is 0.793. The highest BCUT2D eigenvalue weighted by Gasteiger charge is 2.25. The molecule has 1 fully saturated rings. The molecule has 0 saturated carbocycles. The number of anilines is 2. The highest BCUT2D eigenvalue weighted by atomic mass is 35.5. The van der Waals surface area contributed by atoms with Gasteiger partial charge in [0.2, 0.25) is 0 Å². The van der Waals surface area contributed by atoms with Crippen molar-refractivity contribution in [1.29, 1.82) is 0 Å². The second kappa shape index (κ2) is 6.83. The molecule has 1 aliphatic rings. The smallest absolute Gasteiger partial charge is 0.410 e. The number of nitrogens with zero attached hydrogens (tertiary/aromatic N) is 2. The summed E-state index contributed by atoms with van der Waals surface area (Å²) >= 11 is 5.74. The molecule has 0 bridgehead atoms. The summed E-state index contributed by atoms with van der Waals surface area (Å²) in [5.74, 6) is -0.496. The Balaban J connectivity index is 2.07. The van der Waals surface area contributed by atoms with Crippen molar-refractivity contribution in [3.05, 3.63) is 23.0 Å². The van der Waals surface area contributed by atoms with Crippen LogP contribution in [0.15, 0.2) is 12.1 Å². The number of carbonyl (C=O) groups is 1. The standard InChI is InChI=1S/C16H23ClFN3O2/c1-16(2,3)23-15(22)21-6-4-5-20(7-8-21)14-10-12(18)11(17)9-13(14)19/h9-10H,4-8,19H2,1-3H3. The molecule has 0 aromatic heterocycles. The summed E-state index contributed by atoms with van der Waals surface area (Å²) in [5.41, 5.74) is 6.47. The Kier molecular flexibility index (Phi) is 5.24. The molecule has 2 rings (SSSR count). The number of halogens is 2. The lowest BCUT2D eigenvalue weighted by atomic mass is 10.2. The maximum absolute atomic E-state index is 13.7. The lowest BCUT2D eigenvalue weighted by molar-refractivity contribution is 0.0263. The number of amides is 1. The van der Waals surface area contributed by atoms with E-state index in [0.29, 0.717) is 37.6 Å². The third kappa shape index (κ3) is 4.64. The fourth-order valence-corrected chi connectivity index (χ4v) is 2.67. The molecule has 0 atom stereocenters. The normalized spacial score (nSPS) is 16.2. The van der Waals surface area contributed by atoms with Crippen LogP contribution < -0.4 is 10.6 Å². The molecule has 1 aromatic carbocycles. The van der Waals surface area contributed by atoms with Crippen LogP contribution in [0.2, 0.25) is 5.02 Å². The number of hydrogen-bond acceptors (Lipinski definition) is 4. The molecule has 23 heavy (non-hydrogen) atoms. The second-order valence-corrected chi connectivity index (χ2v) is 7.04. The van der Waals surface area contributed by atoms with E-state index in [-0.39, 0.29) is 11.1 Å². The van der Waals surface area contributed by atoms with Crippen molar-refractivity contribution in [2.24, 2.45) is 0 Å². The third-order valence-corrected chi connectivity index (χ3v) is 3.85. The molecule has 1 heterocycles. The van der Waals surface area contributed by atoms with Gasteiger partial charge < -0.3 is 20.3 Å². The van der Waals surface area contributed by atoms with Crippen LogP contribution in [0.3, 0.4) is 0 Å². The number of rotatable bonds is 1. The molecule has 0 radical (unpaired) electrons. The minimum atomic E-state index is -0.521. The fourth-order valence-electron chi connectivity index (χ4n) is 2.49. The van der Waals surface area contributed by atoms with Gasteiger partial charge in [-0.3, -0.25) is 0 Å². The Morgan fingerprint density at radius 1 is 1.26 bits per heavy atom. The van der Waals surface area contributed by atoms with Crippen molar-refractivity contribution in [2.45, 2.75) is 32.8 Å². The molecule has 0 aliphatic carbocycles. The van der Waals surface area contributed by atoms with Crippen LogP contribution in [0.25, 0.3) is 0 Å². The van der Waals surface area contributed by atoms with E-state index in [9.17, 15) is 9.18 Å². The predicted molar refractivity (Wildman–Crippen MR) is 90.5 cm³/mol. The average molecular weight is 344 g/mol. The first-order valence-electron chi connectivity index (χ1n) is 7.65. The molecular formula is C16H23ClFN3O2. The first-order chi connectivity index (χ1) is 10.7. The van der Waals surface area contributed by atoms with E-state index in [1.165, 1.54) is 12.1 Å². The van der Waals surface area contributed by atoms with E-state index in [2.05, 4.69) is 0 Å². The molecule has 1 aliphatic heterocycles. The summed E-state index contributed by atoms with van der Waals surface area (Å²) in [6.45, 7) is 7.86. The second-order valence-electron chi connectivity index (χ2n) is 6.63. The van der Waals surface area contributed by atoms with Gasteiger partial charge in [-0.25, -0.2) is 9.18 Å². The van der Waals surface area contributed by atoms with Crippen LogP contribution in [0.4, 0.5) is 20.6 Å². The van der Waals surface area contributed by atoms with Crippen molar-refractivity contribution in [2.75, 3.05) is 36.8 Å². The number of ether oxygens (including phenoxy) is 1. The highest BCUT2D eigenvalue weighted by molar-refractivity contribution is 6.31. The third-order valence-electron chi connectivity index (χ3n) is 3.56. The Labute approximate surface area is 141 Å². The first-order valence-corrected chi connectivity index (χ1v) is 8.02. The molecule has 7 heteroatoms. The van der Waals surface area contributed by atoms with Gasteiger partial charge in [0.15, 0.2) is 0 Å². The zero-order valence-corrected chi connectivity index (χ0v) is 14.5. The highest BCUT2D eigenvalue weighted by Crippen LogP contribution is 2.30. The molecule has 5 nitrogen and oxygen atoms in total. The fraction of sp³-hybridized carbons (Fsp3) is 0.562. The summed E-state index contributed by atoms with van der Waals surface area (Å²) in [6, 6.07) is 2.77. The van der Waals surface area contributed by atoms with Crippen LogP contribution in [0.5, 0.6) is 0 Å². The minimum absolute atomic E-state index is 0.0106. The van der Waals surface area contributed by atoms with E-state index in [4.69, 9.17) is 22.1 Å². The zero-order valence-electron chi connectivity index (χ0n) is 13.7. The van der Waals surface area contributed by atoms with Gasteiger partial charge in [0.1, 0.15) is 11.4 Å². The van der Waals surface area contributed by atoms with Crippen LogP contribution in [-0.2, 0) is 4.74 Å². The molecule has 128 valence electrons. The Bertz CT molecular complexity index is 589. The van der Waals surface area contributed by atoms with Gasteiger partial charge in [0.25, 0.3) is 0 Å². The monoisotopic (exact) mass is 343 g/mol. The van der Waals surface area contributed by atoms with Crippen molar-refractivity contribution in [3.8, 4) is 0 Å². The van der Waals surface area contributed by atoms with E-state index in [1.54, 1.807) is 4.90 Å². The van der Waals surface area contributed by atoms with Crippen molar-refractivity contribution < 1.29 is 13.9 Å². The average Bonchev–Trinajstić information content (AvgIpc) is 2.67. The van der Waals surface area contributed by atoms with Crippen LogP contribution in [-0.4, -0.2) is 42.8 Å². The predicted octanol–water partition coefficient (Wildman–Crippen LogP) is 3.51. The number of carbonyl (C=O) groups excluding carboxylic acids is 1. The van der Waals surface area contributed by atoms with Gasteiger partial charge in [-0.1, -0.05) is 11.6 Å². The largest absolute Gasteiger partial charge is 0.444 e. The van der Waals surface area contributed by atoms with Crippen molar-refractivity contribution >= 4 is 29.1 Å². The van der Waals surface area contributed by atoms with Gasteiger partial charge in [0, 0.05) is 32.2 Å². The summed E-state index contributed by atoms with van der Waals surface area (Å²) in [7, 11) is 0. The molecule has 2 N–H and O–H groups in total. The lowest BCUT2D eigenvalue weighted by Gasteiger charge is -2.27. The number of nitrogens with two attached hydrogens (primary N) is 1. The van der Waals surface area contributed by atoms with Gasteiger partial charge in [0.05, 0.1) is 16.4 Å². The van der Waals surface area contributed by atoms with Crippen LogP contribution in [0, 0.1) is 5.82 Å². The number of benzene rings is 1. The van der Waals surface area contributed by atoms with Crippen LogP contribution >= 0.6 is 11.6 Å². The van der Waals surface area contributed by atoms with Crippen LogP contribution in [0.1, 0.15) is 27.2 Å². The Hall–Kier alpha value is -1.69. The molecular weight excluding hydrogens is 321 g/mol. The maximum atomic E-state index is 13.7. The van der Waals surface area contributed by atoms with E-state index >= 15 is 0 Å². The summed E-state index contributed by atoms with van der Waals surface area (Å²) in [6.07, 6.45) is 0.428. The van der Waals surface area contributed by atoms with Gasteiger partial charge in [-0.2, -0.15) is 0 Å². The minimum Gasteiger partial charge on any atom is -0.444 e. The first kappa shape index (κ1) is 17.7. The molecule has 1 saturated heterocycles. The summed E-state index contributed by atoms with van der Waals surface area (Å²) in [4.78, 5) is 15.8. The molecule has 0 spiro atoms. The van der Waals surface area contributed by atoms with Gasteiger partial charge in [-0.05, 0) is 33.3 Å². The molecule has 1 aromatic rings. The van der Waals surface area contributed by atoms with E-state index in [0.717, 1.165) is 6.42 Å². The SMILES string of the molecule is CC(C)(C)OC(=O)N1CCCN(c2cc(F)c(Cl)cc2N)CC1. The zero-order chi connectivity index (χ0) is 17.2.